The fourth-order valence-electron chi connectivity index (χ4n) is 0.596. The first-order chi connectivity index (χ1) is 4.47. The lowest BCUT2D eigenvalue weighted by Gasteiger charge is -1.87. The summed E-state index contributed by atoms with van der Waals surface area (Å²) in [5.74, 6) is 1.04. The molecule has 0 unspecified atom stereocenters. The Balaban J connectivity index is 2.54. The van der Waals surface area contributed by atoms with Crippen LogP contribution in [0.3, 0.4) is 0 Å². The normalized spacial score (nSPS) is 13.8. The Morgan fingerprint density at radius 2 is 2.33 bits per heavy atom. The minimum absolute atomic E-state index is 0.477. The number of hydrogen-bond donors (Lipinski definition) is 0. The molecule has 0 aromatic carbocycles. The van der Waals surface area contributed by atoms with E-state index in [2.05, 4.69) is 9.97 Å². The second kappa shape index (κ2) is 1.58. The highest BCUT2D eigenvalue weighted by molar-refractivity contribution is 5.32. The number of fused-ring (bicyclic) bond motifs is 1. The molecular formula is C5H3N2O2. The molecule has 0 fully saturated rings. The molecule has 0 atom stereocenters. The van der Waals surface area contributed by atoms with Crippen LogP contribution in [-0.2, 0) is 0 Å². The van der Waals surface area contributed by atoms with Crippen molar-refractivity contribution in [2.45, 2.75) is 0 Å². The van der Waals surface area contributed by atoms with Gasteiger partial charge in [0.2, 0.25) is 5.75 Å². The maximum Gasteiger partial charge on any atom is 0.317 e. The van der Waals surface area contributed by atoms with Crippen LogP contribution in [-0.4, -0.2) is 9.97 Å². The van der Waals surface area contributed by atoms with E-state index in [1.54, 1.807) is 6.20 Å². The molecular weight excluding hydrogens is 120 g/mol. The van der Waals surface area contributed by atoms with E-state index in [9.17, 15) is 0 Å². The summed E-state index contributed by atoms with van der Waals surface area (Å²) in [7, 11) is 0. The van der Waals surface area contributed by atoms with E-state index < -0.39 is 0 Å². The molecule has 2 rings (SSSR count). The Hall–Kier alpha value is -1.32. The molecule has 4 heteroatoms. The highest BCUT2D eigenvalue weighted by atomic mass is 16.7. The van der Waals surface area contributed by atoms with Crippen molar-refractivity contribution < 1.29 is 9.47 Å². The van der Waals surface area contributed by atoms with Crippen LogP contribution in [0.5, 0.6) is 11.6 Å². The third-order valence-corrected chi connectivity index (χ3v) is 0.979. The lowest BCUT2D eigenvalue weighted by atomic mass is 10.6. The molecule has 0 N–H and O–H groups in total. The molecule has 1 radical (unpaired) electrons. The highest BCUT2D eigenvalue weighted by Gasteiger charge is 2.13. The molecule has 1 aromatic heterocycles. The van der Waals surface area contributed by atoms with E-state index in [0.717, 1.165) is 0 Å². The molecule has 1 aliphatic rings. The van der Waals surface area contributed by atoms with Gasteiger partial charge in [0, 0.05) is 0 Å². The molecule has 2 heterocycles. The van der Waals surface area contributed by atoms with E-state index >= 15 is 0 Å². The van der Waals surface area contributed by atoms with Gasteiger partial charge in [0.15, 0.2) is 0 Å². The molecule has 45 valence electrons. The summed E-state index contributed by atoms with van der Waals surface area (Å²) in [5, 5.41) is 0. The first-order valence-corrected chi connectivity index (χ1v) is 2.42. The van der Waals surface area contributed by atoms with Crippen molar-refractivity contribution in [2.24, 2.45) is 0 Å². The summed E-state index contributed by atoms with van der Waals surface area (Å²) in [5.41, 5.74) is 0. The average molecular weight is 123 g/mol. The van der Waals surface area contributed by atoms with E-state index in [-0.39, 0.29) is 0 Å². The molecule has 0 bridgehead atoms. The van der Waals surface area contributed by atoms with E-state index in [1.807, 2.05) is 0 Å². The Morgan fingerprint density at radius 3 is 3.22 bits per heavy atom. The zero-order valence-corrected chi connectivity index (χ0v) is 4.44. The smallest absolute Gasteiger partial charge is 0.317 e. The molecule has 0 aliphatic carbocycles. The van der Waals surface area contributed by atoms with Crippen LogP contribution in [0.2, 0.25) is 0 Å². The Kier molecular flexibility index (Phi) is 0.798. The van der Waals surface area contributed by atoms with Crippen LogP contribution >= 0.6 is 0 Å². The van der Waals surface area contributed by atoms with Gasteiger partial charge >= 0.3 is 6.79 Å². The molecule has 4 nitrogen and oxygen atoms in total. The topological polar surface area (TPSA) is 44.2 Å². The van der Waals surface area contributed by atoms with Crippen molar-refractivity contribution in [1.29, 1.82) is 0 Å². The fourth-order valence-corrected chi connectivity index (χ4v) is 0.596. The van der Waals surface area contributed by atoms with Crippen molar-refractivity contribution in [1.82, 2.24) is 9.97 Å². The van der Waals surface area contributed by atoms with Gasteiger partial charge in [-0.3, -0.25) is 0 Å². The number of ether oxygens (including phenoxy) is 2. The quantitative estimate of drug-likeness (QED) is 0.499. The van der Waals surface area contributed by atoms with E-state index in [1.165, 1.54) is 13.1 Å². The SMILES string of the molecule is [CH]1Oc2cncnc2O1. The standard InChI is InChI=1S/C5H3N2O2/c1-4-5(7-2-6-1)9-3-8-4/h1-3H. The summed E-state index contributed by atoms with van der Waals surface area (Å²) < 4.78 is 9.63. The van der Waals surface area contributed by atoms with Crippen LogP contribution in [0, 0.1) is 6.79 Å². The fraction of sp³-hybridized carbons (Fsp3) is 0. The predicted molar refractivity (Wildman–Crippen MR) is 27.6 cm³/mol. The van der Waals surface area contributed by atoms with Crippen LogP contribution < -0.4 is 9.47 Å². The van der Waals surface area contributed by atoms with Crippen LogP contribution in [0.15, 0.2) is 12.5 Å². The van der Waals surface area contributed by atoms with Crippen molar-refractivity contribution in [3.8, 4) is 11.6 Å². The Morgan fingerprint density at radius 1 is 1.33 bits per heavy atom. The molecule has 0 saturated carbocycles. The average Bonchev–Trinajstić information content (AvgIpc) is 2.33. The predicted octanol–water partition coefficient (Wildman–Crippen LogP) is 0.367. The third kappa shape index (κ3) is 0.595. The van der Waals surface area contributed by atoms with Gasteiger partial charge in [-0.25, -0.2) is 4.98 Å². The first kappa shape index (κ1) is 4.55. The van der Waals surface area contributed by atoms with E-state index in [0.29, 0.717) is 11.6 Å². The van der Waals surface area contributed by atoms with Gasteiger partial charge in [0.1, 0.15) is 6.33 Å². The van der Waals surface area contributed by atoms with Crippen LogP contribution in [0.4, 0.5) is 0 Å². The van der Waals surface area contributed by atoms with Crippen molar-refractivity contribution in [3.63, 3.8) is 0 Å². The maximum atomic E-state index is 4.83. The number of hydrogen-bond acceptors (Lipinski definition) is 4. The highest BCUT2D eigenvalue weighted by Crippen LogP contribution is 2.28. The minimum atomic E-state index is 0.477. The van der Waals surface area contributed by atoms with Crippen LogP contribution in [0.25, 0.3) is 0 Å². The summed E-state index contributed by atoms with van der Waals surface area (Å²) in [6.07, 6.45) is 2.95. The van der Waals surface area contributed by atoms with Gasteiger partial charge in [-0.1, -0.05) is 0 Å². The number of rotatable bonds is 0. The monoisotopic (exact) mass is 123 g/mol. The maximum absolute atomic E-state index is 4.83. The lowest BCUT2D eigenvalue weighted by molar-refractivity contribution is 0.267. The number of aromatic nitrogens is 2. The van der Waals surface area contributed by atoms with Gasteiger partial charge in [-0.2, -0.15) is 4.98 Å². The number of nitrogens with zero attached hydrogens (tertiary/aromatic N) is 2. The summed E-state index contributed by atoms with van der Waals surface area (Å²) in [4.78, 5) is 7.49. The summed E-state index contributed by atoms with van der Waals surface area (Å²) in [6, 6.07) is 0. The van der Waals surface area contributed by atoms with Crippen molar-refractivity contribution in [3.05, 3.63) is 19.3 Å². The van der Waals surface area contributed by atoms with Gasteiger partial charge in [0.05, 0.1) is 6.20 Å². The Labute approximate surface area is 51.5 Å². The molecule has 0 spiro atoms. The molecule has 1 aromatic rings. The van der Waals surface area contributed by atoms with Gasteiger partial charge in [-0.05, 0) is 0 Å². The largest absolute Gasteiger partial charge is 0.440 e. The second-order valence-electron chi connectivity index (χ2n) is 1.52. The first-order valence-electron chi connectivity index (χ1n) is 2.42. The second-order valence-corrected chi connectivity index (χ2v) is 1.52. The third-order valence-electron chi connectivity index (χ3n) is 0.979. The van der Waals surface area contributed by atoms with Gasteiger partial charge in [-0.15, -0.1) is 0 Å². The summed E-state index contributed by atoms with van der Waals surface area (Å²) in [6.45, 7) is 1.22. The molecule has 9 heavy (non-hydrogen) atoms. The molecule has 0 saturated heterocycles. The minimum Gasteiger partial charge on any atom is -0.440 e. The molecule has 1 aliphatic heterocycles. The zero-order valence-electron chi connectivity index (χ0n) is 4.44. The van der Waals surface area contributed by atoms with Crippen molar-refractivity contribution in [2.75, 3.05) is 0 Å². The van der Waals surface area contributed by atoms with E-state index in [4.69, 9.17) is 9.47 Å². The zero-order chi connectivity index (χ0) is 6.10. The van der Waals surface area contributed by atoms with Gasteiger partial charge < -0.3 is 9.47 Å². The Bertz CT molecular complexity index is 203. The molecule has 0 amide bonds. The lowest BCUT2D eigenvalue weighted by Crippen LogP contribution is -1.83. The van der Waals surface area contributed by atoms with Gasteiger partial charge in [0.25, 0.3) is 5.88 Å². The summed E-state index contributed by atoms with van der Waals surface area (Å²) >= 11 is 0. The van der Waals surface area contributed by atoms with Crippen LogP contribution in [0.1, 0.15) is 0 Å². The van der Waals surface area contributed by atoms with Crippen molar-refractivity contribution >= 4 is 0 Å².